The number of aryl methyl sites for hydroxylation is 1. The van der Waals surface area contributed by atoms with Crippen molar-refractivity contribution in [2.24, 2.45) is 0 Å². The van der Waals surface area contributed by atoms with Gasteiger partial charge in [0.2, 0.25) is 0 Å². The third-order valence-electron chi connectivity index (χ3n) is 4.78. The topological polar surface area (TPSA) is 68.8 Å². The van der Waals surface area contributed by atoms with Crippen LogP contribution < -0.4 is 20.1 Å². The first-order valence-electron chi connectivity index (χ1n) is 10.3. The van der Waals surface area contributed by atoms with Gasteiger partial charge in [0.05, 0.1) is 17.2 Å². The third-order valence-corrected chi connectivity index (χ3v) is 5.37. The fourth-order valence-electron chi connectivity index (χ4n) is 3.28. The highest BCUT2D eigenvalue weighted by molar-refractivity contribution is 9.10. The fourth-order valence-corrected chi connectivity index (χ4v) is 3.88. The van der Waals surface area contributed by atoms with Gasteiger partial charge in [0.15, 0.2) is 18.1 Å². The van der Waals surface area contributed by atoms with E-state index in [0.717, 1.165) is 47.3 Å². The summed E-state index contributed by atoms with van der Waals surface area (Å²) in [6.45, 7) is 6.71. The minimum absolute atomic E-state index is 0.108. The molecular weight excluding hydrogens is 448 g/mol. The van der Waals surface area contributed by atoms with Crippen LogP contribution >= 0.6 is 15.9 Å². The Morgan fingerprint density at radius 1 is 1.23 bits per heavy atom. The van der Waals surface area contributed by atoms with Gasteiger partial charge in [-0.1, -0.05) is 17.7 Å². The van der Waals surface area contributed by atoms with E-state index >= 15 is 0 Å². The number of ether oxygens (including phenoxy) is 3. The van der Waals surface area contributed by atoms with Gasteiger partial charge in [-0.2, -0.15) is 0 Å². The molecule has 0 bridgehead atoms. The van der Waals surface area contributed by atoms with E-state index in [2.05, 4.69) is 26.6 Å². The molecule has 6 nitrogen and oxygen atoms in total. The number of benzene rings is 2. The molecule has 2 N–H and O–H groups in total. The fraction of sp³-hybridized carbons (Fsp3) is 0.435. The summed E-state index contributed by atoms with van der Waals surface area (Å²) in [7, 11) is 0. The van der Waals surface area contributed by atoms with Crippen LogP contribution in [-0.2, 0) is 16.1 Å². The summed E-state index contributed by atoms with van der Waals surface area (Å²) in [5.41, 5.74) is 2.95. The highest BCUT2D eigenvalue weighted by Crippen LogP contribution is 2.37. The van der Waals surface area contributed by atoms with Crippen LogP contribution in [0, 0.1) is 6.92 Å². The van der Waals surface area contributed by atoms with Crippen molar-refractivity contribution in [3.8, 4) is 11.5 Å². The lowest BCUT2D eigenvalue weighted by Crippen LogP contribution is -2.25. The maximum atomic E-state index is 12.3. The zero-order chi connectivity index (χ0) is 21.3. The summed E-state index contributed by atoms with van der Waals surface area (Å²) in [4.78, 5) is 12.3. The average molecular weight is 477 g/mol. The van der Waals surface area contributed by atoms with E-state index in [1.54, 1.807) is 0 Å². The summed E-state index contributed by atoms with van der Waals surface area (Å²) in [5, 5.41) is 6.27. The van der Waals surface area contributed by atoms with E-state index in [4.69, 9.17) is 14.2 Å². The van der Waals surface area contributed by atoms with E-state index in [1.165, 1.54) is 0 Å². The standard InChI is InChI=1S/C23H29BrN2O4/c1-3-28-21-12-17(13-25-14-19-5-4-10-29-19)11-20(24)23(21)30-15-22(27)26-18-8-6-16(2)7-9-18/h6-9,11-12,19,25H,3-5,10,13-15H2,1-2H3,(H,26,27). The smallest absolute Gasteiger partial charge is 0.262 e. The van der Waals surface area contributed by atoms with Crippen LogP contribution in [0.2, 0.25) is 0 Å². The summed E-state index contributed by atoms with van der Waals surface area (Å²) in [6.07, 6.45) is 2.54. The van der Waals surface area contributed by atoms with E-state index in [1.807, 2.05) is 50.2 Å². The van der Waals surface area contributed by atoms with Crippen molar-refractivity contribution < 1.29 is 19.0 Å². The first kappa shape index (κ1) is 22.6. The molecule has 30 heavy (non-hydrogen) atoms. The second kappa shape index (κ2) is 11.3. The van der Waals surface area contributed by atoms with Crippen molar-refractivity contribution in [3.05, 3.63) is 52.0 Å². The highest BCUT2D eigenvalue weighted by Gasteiger charge is 2.16. The van der Waals surface area contributed by atoms with Gasteiger partial charge in [-0.25, -0.2) is 0 Å². The first-order valence-corrected chi connectivity index (χ1v) is 11.1. The Hall–Kier alpha value is -2.09. The van der Waals surface area contributed by atoms with Crippen molar-refractivity contribution in [3.63, 3.8) is 0 Å². The number of rotatable bonds is 10. The van der Waals surface area contributed by atoms with Crippen molar-refractivity contribution in [1.29, 1.82) is 0 Å². The lowest BCUT2D eigenvalue weighted by molar-refractivity contribution is -0.118. The number of hydrogen-bond donors (Lipinski definition) is 2. The lowest BCUT2D eigenvalue weighted by atomic mass is 10.2. The van der Waals surface area contributed by atoms with Crippen LogP contribution in [0.3, 0.4) is 0 Å². The summed E-state index contributed by atoms with van der Waals surface area (Å²) < 4.78 is 18.0. The molecule has 0 saturated carbocycles. The zero-order valence-electron chi connectivity index (χ0n) is 17.5. The Balaban J connectivity index is 1.58. The number of nitrogens with one attached hydrogen (secondary N) is 2. The Kier molecular flexibility index (Phi) is 8.54. The van der Waals surface area contributed by atoms with Crippen LogP contribution in [0.5, 0.6) is 11.5 Å². The van der Waals surface area contributed by atoms with Crippen LogP contribution in [0.4, 0.5) is 5.69 Å². The highest BCUT2D eigenvalue weighted by atomic mass is 79.9. The van der Waals surface area contributed by atoms with Gasteiger partial charge in [0, 0.05) is 25.4 Å². The molecule has 1 atom stereocenters. The lowest BCUT2D eigenvalue weighted by Gasteiger charge is -2.16. The second-order valence-corrected chi connectivity index (χ2v) is 8.16. The van der Waals surface area contributed by atoms with Gasteiger partial charge in [-0.15, -0.1) is 0 Å². The first-order chi connectivity index (χ1) is 14.5. The van der Waals surface area contributed by atoms with E-state index < -0.39 is 0 Å². The van der Waals surface area contributed by atoms with Gasteiger partial charge in [0.1, 0.15) is 0 Å². The molecule has 1 saturated heterocycles. The largest absolute Gasteiger partial charge is 0.490 e. The van der Waals surface area contributed by atoms with E-state index in [0.29, 0.717) is 30.8 Å². The molecule has 1 heterocycles. The molecule has 0 aliphatic carbocycles. The van der Waals surface area contributed by atoms with Gasteiger partial charge in [-0.3, -0.25) is 4.79 Å². The molecule has 1 unspecified atom stereocenters. The van der Waals surface area contributed by atoms with Crippen LogP contribution in [0.15, 0.2) is 40.9 Å². The number of carbonyl (C=O) groups excluding carboxylic acids is 1. The molecule has 2 aromatic carbocycles. The predicted octanol–water partition coefficient (Wildman–Crippen LogP) is 4.44. The monoisotopic (exact) mass is 476 g/mol. The normalized spacial score (nSPS) is 15.8. The Morgan fingerprint density at radius 3 is 2.73 bits per heavy atom. The number of halogens is 1. The number of amides is 1. The Labute approximate surface area is 186 Å². The minimum Gasteiger partial charge on any atom is -0.490 e. The molecule has 0 radical (unpaired) electrons. The quantitative estimate of drug-likeness (QED) is 0.530. The Morgan fingerprint density at radius 2 is 2.03 bits per heavy atom. The molecule has 1 amide bonds. The van der Waals surface area contributed by atoms with Gasteiger partial charge >= 0.3 is 0 Å². The van der Waals surface area contributed by atoms with Gasteiger partial charge in [-0.05, 0) is 72.4 Å². The maximum Gasteiger partial charge on any atom is 0.262 e. The molecular formula is C23H29BrN2O4. The maximum absolute atomic E-state index is 12.3. The van der Waals surface area contributed by atoms with Crippen molar-refractivity contribution in [1.82, 2.24) is 5.32 Å². The molecule has 2 aromatic rings. The zero-order valence-corrected chi connectivity index (χ0v) is 19.1. The van der Waals surface area contributed by atoms with Crippen molar-refractivity contribution in [2.45, 2.75) is 39.3 Å². The Bertz CT molecular complexity index is 836. The van der Waals surface area contributed by atoms with E-state index in [-0.39, 0.29) is 12.5 Å². The molecule has 162 valence electrons. The predicted molar refractivity (Wildman–Crippen MR) is 121 cm³/mol. The molecule has 7 heteroatoms. The molecule has 1 fully saturated rings. The molecule has 3 rings (SSSR count). The molecule has 0 aromatic heterocycles. The third kappa shape index (κ3) is 6.72. The van der Waals surface area contributed by atoms with Crippen LogP contribution in [0.1, 0.15) is 30.9 Å². The van der Waals surface area contributed by atoms with Crippen molar-refractivity contribution >= 4 is 27.5 Å². The van der Waals surface area contributed by atoms with Gasteiger partial charge < -0.3 is 24.8 Å². The molecule has 1 aliphatic heterocycles. The van der Waals surface area contributed by atoms with Gasteiger partial charge in [0.25, 0.3) is 5.91 Å². The van der Waals surface area contributed by atoms with Crippen LogP contribution in [0.25, 0.3) is 0 Å². The van der Waals surface area contributed by atoms with Crippen molar-refractivity contribution in [2.75, 3.05) is 31.7 Å². The van der Waals surface area contributed by atoms with E-state index in [9.17, 15) is 4.79 Å². The summed E-state index contributed by atoms with van der Waals surface area (Å²) in [6, 6.07) is 11.6. The molecule has 1 aliphatic rings. The number of hydrogen-bond acceptors (Lipinski definition) is 5. The number of carbonyl (C=O) groups is 1. The number of anilines is 1. The minimum atomic E-state index is -0.226. The summed E-state index contributed by atoms with van der Waals surface area (Å²) in [5.74, 6) is 0.915. The average Bonchev–Trinajstić information content (AvgIpc) is 3.23. The van der Waals surface area contributed by atoms with Crippen LogP contribution in [-0.4, -0.2) is 38.4 Å². The second-order valence-electron chi connectivity index (χ2n) is 7.31. The summed E-state index contributed by atoms with van der Waals surface area (Å²) >= 11 is 3.56. The SMILES string of the molecule is CCOc1cc(CNCC2CCCO2)cc(Br)c1OCC(=O)Nc1ccc(C)cc1. The molecule has 0 spiro atoms.